The number of nitrogens with one attached hydrogen (secondary N) is 1. The summed E-state index contributed by atoms with van der Waals surface area (Å²) in [6, 6.07) is 15.1. The normalized spacial score (nSPS) is 20.1. The topological polar surface area (TPSA) is 121 Å². The van der Waals surface area contributed by atoms with E-state index in [2.05, 4.69) is 10.3 Å². The highest BCUT2D eigenvalue weighted by Gasteiger charge is 2.34. The van der Waals surface area contributed by atoms with E-state index in [0.29, 0.717) is 36.6 Å². The van der Waals surface area contributed by atoms with Crippen molar-refractivity contribution in [3.63, 3.8) is 0 Å². The van der Waals surface area contributed by atoms with Gasteiger partial charge in [0, 0.05) is 25.7 Å². The molecule has 3 amide bonds. The van der Waals surface area contributed by atoms with Crippen molar-refractivity contribution in [2.75, 3.05) is 26.7 Å². The first-order valence-electron chi connectivity index (χ1n) is 12.7. The zero-order chi connectivity index (χ0) is 27.5. The number of aromatic hydroxyl groups is 1. The number of fused-ring (bicyclic) bond motifs is 5. The Morgan fingerprint density at radius 3 is 2.77 bits per heavy atom. The van der Waals surface area contributed by atoms with Crippen LogP contribution in [0.1, 0.15) is 38.4 Å². The van der Waals surface area contributed by atoms with E-state index in [-0.39, 0.29) is 48.4 Å². The van der Waals surface area contributed by atoms with E-state index in [4.69, 9.17) is 9.47 Å². The summed E-state index contributed by atoms with van der Waals surface area (Å²) in [5.74, 6) is 0.169. The van der Waals surface area contributed by atoms with E-state index < -0.39 is 6.04 Å². The molecule has 2 aliphatic rings. The Kier molecular flexibility index (Phi) is 7.47. The second-order valence-electron chi connectivity index (χ2n) is 9.86. The molecule has 0 saturated carbocycles. The number of carbonyl (C=O) groups is 3. The lowest BCUT2D eigenvalue weighted by Crippen LogP contribution is -2.58. The molecule has 0 unspecified atom stereocenters. The number of ether oxygens (including phenoxy) is 2. The van der Waals surface area contributed by atoms with Crippen LogP contribution in [0, 0.1) is 6.92 Å². The number of carbonyl (C=O) groups excluding carboxylic acids is 3. The fourth-order valence-electron chi connectivity index (χ4n) is 4.76. The van der Waals surface area contributed by atoms with E-state index in [1.807, 2.05) is 37.3 Å². The minimum atomic E-state index is -0.505. The van der Waals surface area contributed by atoms with Crippen molar-refractivity contribution in [3.8, 4) is 17.2 Å². The molecule has 2 aliphatic heterocycles. The van der Waals surface area contributed by atoms with Crippen LogP contribution in [0.15, 0.2) is 60.8 Å². The quantitative estimate of drug-likeness (QED) is 0.496. The van der Waals surface area contributed by atoms with Gasteiger partial charge in [-0.2, -0.15) is 0 Å². The summed E-state index contributed by atoms with van der Waals surface area (Å²) in [7, 11) is 1.57. The van der Waals surface area contributed by atoms with Crippen molar-refractivity contribution in [2.24, 2.45) is 0 Å². The number of nitrogens with zero attached hydrogens (tertiary/aromatic N) is 3. The highest BCUT2D eigenvalue weighted by molar-refractivity contribution is 5.97. The van der Waals surface area contributed by atoms with Crippen molar-refractivity contribution in [1.29, 1.82) is 0 Å². The van der Waals surface area contributed by atoms with Gasteiger partial charge in [-0.15, -0.1) is 0 Å². The van der Waals surface area contributed by atoms with Crippen LogP contribution in [-0.2, 0) is 16.1 Å². The van der Waals surface area contributed by atoms with Gasteiger partial charge in [0.05, 0.1) is 31.5 Å². The van der Waals surface area contributed by atoms with Gasteiger partial charge >= 0.3 is 0 Å². The summed E-state index contributed by atoms with van der Waals surface area (Å²) in [6.07, 6.45) is 1.35. The zero-order valence-electron chi connectivity index (χ0n) is 21.8. The molecule has 3 aromatic rings. The van der Waals surface area contributed by atoms with E-state index in [1.165, 1.54) is 23.2 Å². The first kappa shape index (κ1) is 26.2. The molecule has 1 saturated heterocycles. The number of benzene rings is 2. The van der Waals surface area contributed by atoms with Gasteiger partial charge in [0.15, 0.2) is 0 Å². The molecule has 1 aromatic heterocycles. The number of pyridine rings is 1. The van der Waals surface area contributed by atoms with Crippen LogP contribution in [0.4, 0.5) is 0 Å². The number of piperidine rings is 1. The Morgan fingerprint density at radius 2 is 1.97 bits per heavy atom. The van der Waals surface area contributed by atoms with Crippen LogP contribution < -0.4 is 10.1 Å². The lowest BCUT2D eigenvalue weighted by molar-refractivity contribution is -0.124. The maximum Gasteiger partial charge on any atom is 0.272 e. The predicted octanol–water partition coefficient (Wildman–Crippen LogP) is 2.89. The van der Waals surface area contributed by atoms with Crippen LogP contribution in [0.25, 0.3) is 0 Å². The Balaban J connectivity index is 1.41. The molecule has 0 aliphatic carbocycles. The van der Waals surface area contributed by atoms with Crippen molar-refractivity contribution in [2.45, 2.75) is 32.1 Å². The molecule has 4 bridgehead atoms. The van der Waals surface area contributed by atoms with Gasteiger partial charge < -0.3 is 29.7 Å². The lowest BCUT2D eigenvalue weighted by atomic mass is 10.0. The van der Waals surface area contributed by atoms with Gasteiger partial charge in [-0.1, -0.05) is 18.2 Å². The van der Waals surface area contributed by atoms with E-state index >= 15 is 0 Å². The number of likely N-dealkylation sites (tertiary alicyclic amines) is 1. The van der Waals surface area contributed by atoms with E-state index in [1.54, 1.807) is 24.1 Å². The largest absolute Gasteiger partial charge is 0.506 e. The maximum absolute atomic E-state index is 13.1. The molecule has 202 valence electrons. The highest BCUT2D eigenvalue weighted by Crippen LogP contribution is 2.28. The molecule has 39 heavy (non-hydrogen) atoms. The second kappa shape index (κ2) is 11.1. The first-order chi connectivity index (χ1) is 18.8. The summed E-state index contributed by atoms with van der Waals surface area (Å²) in [4.78, 5) is 46.3. The SMILES string of the molecule is Cc1ccc2cc1Oc1cccc(c1)CO[C@@H]1CCN(C(=O)c3ccc(O)cn3)C[C@@H]1NC(=O)CN(C)C2=O. The summed E-state index contributed by atoms with van der Waals surface area (Å²) >= 11 is 0. The number of aromatic nitrogens is 1. The molecule has 10 nitrogen and oxygen atoms in total. The third kappa shape index (κ3) is 6.01. The van der Waals surface area contributed by atoms with E-state index in [9.17, 15) is 19.5 Å². The summed E-state index contributed by atoms with van der Waals surface area (Å²) in [6.45, 7) is 2.65. The molecular formula is C29H30N4O6. The molecule has 2 N–H and O–H groups in total. The van der Waals surface area contributed by atoms with Gasteiger partial charge in [0.2, 0.25) is 5.91 Å². The third-order valence-electron chi connectivity index (χ3n) is 6.90. The Hall–Kier alpha value is -4.44. The average molecular weight is 531 g/mol. The molecule has 0 spiro atoms. The van der Waals surface area contributed by atoms with Crippen LogP contribution in [0.5, 0.6) is 17.2 Å². The molecule has 2 atom stereocenters. The van der Waals surface area contributed by atoms with Crippen molar-refractivity contribution in [3.05, 3.63) is 83.2 Å². The number of rotatable bonds is 1. The van der Waals surface area contributed by atoms with Gasteiger partial charge in [-0.05, 0) is 60.9 Å². The first-order valence-corrected chi connectivity index (χ1v) is 12.7. The van der Waals surface area contributed by atoms with Gasteiger partial charge in [-0.3, -0.25) is 14.4 Å². The minimum absolute atomic E-state index is 0.0292. The minimum Gasteiger partial charge on any atom is -0.506 e. The smallest absolute Gasteiger partial charge is 0.272 e. The number of likely N-dealkylation sites (N-methyl/N-ethyl adjacent to an activating group) is 1. The fourth-order valence-corrected chi connectivity index (χ4v) is 4.76. The summed E-state index contributed by atoms with van der Waals surface area (Å²) in [5.41, 5.74) is 2.37. The maximum atomic E-state index is 13.1. The Labute approximate surface area is 226 Å². The third-order valence-corrected chi connectivity index (χ3v) is 6.90. The molecule has 0 radical (unpaired) electrons. The van der Waals surface area contributed by atoms with Crippen molar-refractivity contribution < 1.29 is 29.0 Å². The number of hydrogen-bond donors (Lipinski definition) is 2. The van der Waals surface area contributed by atoms with Crippen LogP contribution in [0.2, 0.25) is 0 Å². The van der Waals surface area contributed by atoms with Crippen LogP contribution >= 0.6 is 0 Å². The lowest BCUT2D eigenvalue weighted by Gasteiger charge is -2.39. The molecule has 3 heterocycles. The fraction of sp³-hybridized carbons (Fsp3) is 0.310. The van der Waals surface area contributed by atoms with Gasteiger partial charge in [-0.25, -0.2) is 4.98 Å². The molecular weight excluding hydrogens is 500 g/mol. The predicted molar refractivity (Wildman–Crippen MR) is 142 cm³/mol. The zero-order valence-corrected chi connectivity index (χ0v) is 21.8. The number of hydrogen-bond acceptors (Lipinski definition) is 7. The molecule has 1 fully saturated rings. The molecule has 5 rings (SSSR count). The van der Waals surface area contributed by atoms with E-state index in [0.717, 1.165) is 11.1 Å². The number of amides is 3. The highest BCUT2D eigenvalue weighted by atomic mass is 16.5. The molecule has 2 aromatic carbocycles. The average Bonchev–Trinajstić information content (AvgIpc) is 2.93. The number of aryl methyl sites for hydroxylation is 1. The Bertz CT molecular complexity index is 1390. The van der Waals surface area contributed by atoms with Crippen LogP contribution in [-0.4, -0.2) is 76.4 Å². The summed E-state index contributed by atoms with van der Waals surface area (Å²) < 4.78 is 12.4. The monoisotopic (exact) mass is 530 g/mol. The summed E-state index contributed by atoms with van der Waals surface area (Å²) in [5, 5.41) is 12.5. The molecule has 10 heteroatoms. The van der Waals surface area contributed by atoms with Crippen molar-refractivity contribution >= 4 is 17.7 Å². The van der Waals surface area contributed by atoms with Gasteiger partial charge in [0.25, 0.3) is 11.8 Å². The second-order valence-corrected chi connectivity index (χ2v) is 9.86. The van der Waals surface area contributed by atoms with Crippen molar-refractivity contribution in [1.82, 2.24) is 20.1 Å². The van der Waals surface area contributed by atoms with Gasteiger partial charge in [0.1, 0.15) is 22.9 Å². The Morgan fingerprint density at radius 1 is 1.13 bits per heavy atom. The standard InChI is InChI=1S/C29H30N4O6/c1-18-6-7-20-13-26(18)39-22-5-3-4-19(12-22)17-38-25-10-11-33(29(37)23-9-8-21(34)14-30-23)15-24(25)31-27(35)16-32(2)28(20)36/h3-9,12-14,24-25,34H,10-11,15-17H2,1-2H3,(H,31,35)/t24-,25+/m0/s1. The van der Waals surface area contributed by atoms with Crippen LogP contribution in [0.3, 0.4) is 0 Å².